The van der Waals surface area contributed by atoms with Crippen molar-refractivity contribution in [2.75, 3.05) is 13.2 Å². The molecular formula is C23H24F6N4O6. The van der Waals surface area contributed by atoms with E-state index in [9.17, 15) is 26.3 Å². The Morgan fingerprint density at radius 3 is 2.18 bits per heavy atom. The van der Waals surface area contributed by atoms with Gasteiger partial charge in [0.1, 0.15) is 5.76 Å². The predicted octanol–water partition coefficient (Wildman–Crippen LogP) is 3.99. The average molecular weight is 566 g/mol. The number of carbonyl (C=O) groups is 2. The van der Waals surface area contributed by atoms with E-state index in [4.69, 9.17) is 29.0 Å². The average Bonchev–Trinajstić information content (AvgIpc) is 3.48. The lowest BCUT2D eigenvalue weighted by Gasteiger charge is -2.22. The molecule has 0 aromatic carbocycles. The van der Waals surface area contributed by atoms with Crippen molar-refractivity contribution >= 4 is 11.9 Å². The molecule has 0 aliphatic carbocycles. The fourth-order valence-corrected chi connectivity index (χ4v) is 3.28. The number of rotatable bonds is 6. The Morgan fingerprint density at radius 1 is 0.974 bits per heavy atom. The number of aliphatic carboxylic acids is 2. The van der Waals surface area contributed by atoms with E-state index in [1.807, 2.05) is 36.5 Å². The number of hydrogen-bond donors (Lipinski definition) is 2. The van der Waals surface area contributed by atoms with Crippen LogP contribution in [0.5, 0.6) is 0 Å². The van der Waals surface area contributed by atoms with E-state index in [1.54, 1.807) is 12.5 Å². The third kappa shape index (κ3) is 11.6. The second-order valence-corrected chi connectivity index (χ2v) is 8.06. The van der Waals surface area contributed by atoms with Crippen molar-refractivity contribution in [2.24, 2.45) is 5.92 Å². The van der Waals surface area contributed by atoms with Crippen LogP contribution in [-0.4, -0.2) is 67.3 Å². The van der Waals surface area contributed by atoms with Gasteiger partial charge in [0.25, 0.3) is 0 Å². The number of halogens is 6. The van der Waals surface area contributed by atoms with Crippen molar-refractivity contribution in [3.63, 3.8) is 0 Å². The minimum absolute atomic E-state index is 0.375. The molecule has 4 rings (SSSR count). The molecule has 39 heavy (non-hydrogen) atoms. The third-order valence-corrected chi connectivity index (χ3v) is 4.91. The maximum absolute atomic E-state index is 10.6. The van der Waals surface area contributed by atoms with E-state index < -0.39 is 24.3 Å². The van der Waals surface area contributed by atoms with Crippen molar-refractivity contribution in [3.05, 3.63) is 72.2 Å². The maximum atomic E-state index is 10.6. The normalized spacial score (nSPS) is 15.6. The van der Waals surface area contributed by atoms with Crippen LogP contribution >= 0.6 is 0 Å². The van der Waals surface area contributed by atoms with Gasteiger partial charge in [0.2, 0.25) is 0 Å². The molecule has 0 fully saturated rings. The lowest BCUT2D eigenvalue weighted by molar-refractivity contribution is -0.193. The SMILES string of the molecule is O=C(O)C(F)(F)F.O=C(O)C(F)(F)F.c1ccc(COCC2CN(Cc3ccco3)Cc3ccnn3C2)nc1. The van der Waals surface area contributed by atoms with Crippen molar-refractivity contribution < 1.29 is 55.3 Å². The van der Waals surface area contributed by atoms with Gasteiger partial charge < -0.3 is 19.4 Å². The predicted molar refractivity (Wildman–Crippen MR) is 120 cm³/mol. The molecule has 3 aromatic heterocycles. The Bertz CT molecular complexity index is 1130. The quantitative estimate of drug-likeness (QED) is 0.426. The zero-order valence-corrected chi connectivity index (χ0v) is 20.1. The molecule has 0 radical (unpaired) electrons. The number of alkyl halides is 6. The number of aromatic nitrogens is 3. The van der Waals surface area contributed by atoms with Crippen LogP contribution in [0.1, 0.15) is 17.1 Å². The molecular weight excluding hydrogens is 542 g/mol. The summed E-state index contributed by atoms with van der Waals surface area (Å²) in [7, 11) is 0. The van der Waals surface area contributed by atoms with Crippen LogP contribution in [0.15, 0.2) is 59.5 Å². The smallest absolute Gasteiger partial charge is 0.475 e. The lowest BCUT2D eigenvalue weighted by atomic mass is 10.1. The third-order valence-electron chi connectivity index (χ3n) is 4.91. The Morgan fingerprint density at radius 2 is 1.64 bits per heavy atom. The number of ether oxygens (including phenoxy) is 1. The zero-order valence-electron chi connectivity index (χ0n) is 20.1. The Kier molecular flexibility index (Phi) is 11.5. The molecule has 0 spiro atoms. The fraction of sp³-hybridized carbons (Fsp3) is 0.391. The summed E-state index contributed by atoms with van der Waals surface area (Å²) < 4.78 is 77.0. The highest BCUT2D eigenvalue weighted by Crippen LogP contribution is 2.19. The summed E-state index contributed by atoms with van der Waals surface area (Å²) in [6.07, 6.45) is -4.77. The van der Waals surface area contributed by atoms with Gasteiger partial charge in [0.15, 0.2) is 0 Å². The van der Waals surface area contributed by atoms with E-state index in [2.05, 4.69) is 25.7 Å². The number of carboxylic acid groups (broad SMARTS) is 2. The Hall–Kier alpha value is -3.92. The molecule has 214 valence electrons. The van der Waals surface area contributed by atoms with Crippen molar-refractivity contribution in [1.29, 1.82) is 0 Å². The van der Waals surface area contributed by atoms with Gasteiger partial charge in [-0.3, -0.25) is 14.6 Å². The number of pyridine rings is 1. The molecule has 2 N–H and O–H groups in total. The summed E-state index contributed by atoms with van der Waals surface area (Å²) >= 11 is 0. The van der Waals surface area contributed by atoms with Crippen LogP contribution < -0.4 is 0 Å². The van der Waals surface area contributed by atoms with Crippen LogP contribution in [0.2, 0.25) is 0 Å². The Balaban J connectivity index is 0.000000317. The second kappa shape index (κ2) is 14.3. The number of nitrogens with zero attached hydrogens (tertiary/aromatic N) is 4. The highest BCUT2D eigenvalue weighted by molar-refractivity contribution is 5.73. The molecule has 1 aliphatic rings. The van der Waals surface area contributed by atoms with Gasteiger partial charge in [0.05, 0.1) is 37.4 Å². The van der Waals surface area contributed by atoms with E-state index in [0.29, 0.717) is 19.1 Å². The van der Waals surface area contributed by atoms with Gasteiger partial charge in [-0.1, -0.05) is 6.07 Å². The summed E-state index contributed by atoms with van der Waals surface area (Å²) in [5.74, 6) is -4.15. The number of hydrogen-bond acceptors (Lipinski definition) is 7. The molecule has 0 amide bonds. The van der Waals surface area contributed by atoms with Gasteiger partial charge in [-0.15, -0.1) is 0 Å². The zero-order chi connectivity index (χ0) is 29.1. The summed E-state index contributed by atoms with van der Waals surface area (Å²) in [6.45, 7) is 4.73. The van der Waals surface area contributed by atoms with Gasteiger partial charge in [-0.2, -0.15) is 31.4 Å². The first kappa shape index (κ1) is 31.3. The minimum Gasteiger partial charge on any atom is -0.475 e. The van der Waals surface area contributed by atoms with Crippen molar-refractivity contribution in [3.8, 4) is 0 Å². The fourth-order valence-electron chi connectivity index (χ4n) is 3.28. The molecule has 16 heteroatoms. The van der Waals surface area contributed by atoms with Crippen LogP contribution in [0.3, 0.4) is 0 Å². The molecule has 1 atom stereocenters. The van der Waals surface area contributed by atoms with Crippen LogP contribution in [0, 0.1) is 5.92 Å². The van der Waals surface area contributed by atoms with Crippen LogP contribution in [0.25, 0.3) is 0 Å². The summed E-state index contributed by atoms with van der Waals surface area (Å²) in [5, 5.41) is 18.7. The molecule has 0 saturated heterocycles. The minimum atomic E-state index is -5.08. The lowest BCUT2D eigenvalue weighted by Crippen LogP contribution is -2.30. The monoisotopic (exact) mass is 566 g/mol. The number of carboxylic acids is 2. The van der Waals surface area contributed by atoms with Crippen LogP contribution in [0.4, 0.5) is 26.3 Å². The molecule has 0 saturated carbocycles. The van der Waals surface area contributed by atoms with Crippen LogP contribution in [-0.2, 0) is 40.6 Å². The summed E-state index contributed by atoms with van der Waals surface area (Å²) in [5.41, 5.74) is 2.20. The number of fused-ring (bicyclic) bond motifs is 1. The second-order valence-electron chi connectivity index (χ2n) is 8.06. The first-order valence-electron chi connectivity index (χ1n) is 11.1. The highest BCUT2D eigenvalue weighted by Gasteiger charge is 2.38. The topological polar surface area (TPSA) is 131 Å². The van der Waals surface area contributed by atoms with E-state index in [1.165, 1.54) is 5.69 Å². The molecule has 3 aromatic rings. The first-order valence-corrected chi connectivity index (χ1v) is 11.1. The van der Waals surface area contributed by atoms with E-state index in [0.717, 1.165) is 37.6 Å². The van der Waals surface area contributed by atoms with Crippen molar-refractivity contribution in [2.45, 2.75) is 38.6 Å². The first-order chi connectivity index (χ1) is 18.3. The van der Waals surface area contributed by atoms with Gasteiger partial charge >= 0.3 is 24.3 Å². The van der Waals surface area contributed by atoms with Gasteiger partial charge in [-0.05, 0) is 30.3 Å². The summed E-state index contributed by atoms with van der Waals surface area (Å²) in [4.78, 5) is 24.5. The molecule has 4 heterocycles. The van der Waals surface area contributed by atoms with Crippen molar-refractivity contribution in [1.82, 2.24) is 19.7 Å². The highest BCUT2D eigenvalue weighted by atomic mass is 19.4. The van der Waals surface area contributed by atoms with Gasteiger partial charge in [0, 0.05) is 37.9 Å². The van der Waals surface area contributed by atoms with E-state index in [-0.39, 0.29) is 0 Å². The Labute approximate surface area is 217 Å². The summed E-state index contributed by atoms with van der Waals surface area (Å²) in [6, 6.07) is 11.9. The van der Waals surface area contributed by atoms with E-state index >= 15 is 0 Å². The molecule has 10 nitrogen and oxygen atoms in total. The standard InChI is InChI=1S/C19H22N4O2.2C2HF3O2/c1-2-7-20-17(4-1)15-24-14-16-10-22(13-19-5-3-9-25-19)12-18-6-8-21-23(18)11-16;2*3-2(4,5)1(6)7/h1-9,16H,10-15H2;2*(H,6,7). The maximum Gasteiger partial charge on any atom is 0.490 e. The van der Waals surface area contributed by atoms with Gasteiger partial charge in [-0.25, -0.2) is 9.59 Å². The molecule has 1 aliphatic heterocycles. The molecule has 1 unspecified atom stereocenters. The molecule has 0 bridgehead atoms. The number of furan rings is 1. The largest absolute Gasteiger partial charge is 0.490 e.